The molecule has 1 atom stereocenters. The van der Waals surface area contributed by atoms with Gasteiger partial charge in [-0.1, -0.05) is 6.07 Å². The van der Waals surface area contributed by atoms with Crippen molar-refractivity contribution in [2.45, 2.75) is 60.8 Å². The second kappa shape index (κ2) is 10.7. The molecule has 1 aliphatic carbocycles. The van der Waals surface area contributed by atoms with Crippen LogP contribution >= 0.6 is 23.0 Å². The van der Waals surface area contributed by atoms with Crippen molar-refractivity contribution in [2.24, 2.45) is 0 Å². The van der Waals surface area contributed by atoms with E-state index in [0.717, 1.165) is 24.6 Å². The van der Waals surface area contributed by atoms with Crippen LogP contribution in [0.2, 0.25) is 0 Å². The lowest BCUT2D eigenvalue weighted by molar-refractivity contribution is -0.208. The van der Waals surface area contributed by atoms with Crippen molar-refractivity contribution in [1.29, 1.82) is 0 Å². The van der Waals surface area contributed by atoms with Crippen LogP contribution in [0.3, 0.4) is 0 Å². The molecule has 5 heterocycles. The molecule has 3 aromatic rings. The number of nitrogens with zero attached hydrogens (tertiary/aromatic N) is 2. The molecule has 3 aliphatic heterocycles. The van der Waals surface area contributed by atoms with Gasteiger partial charge in [0.05, 0.1) is 53.2 Å². The van der Waals surface area contributed by atoms with E-state index in [1.165, 1.54) is 7.11 Å². The minimum atomic E-state index is -3.12. The fourth-order valence-electron chi connectivity index (χ4n) is 5.95. The number of pyridine rings is 2. The maximum Gasteiger partial charge on any atom is 0.244 e. The van der Waals surface area contributed by atoms with Crippen molar-refractivity contribution < 1.29 is 32.9 Å². The second-order valence-corrected chi connectivity index (χ2v) is 12.8. The summed E-state index contributed by atoms with van der Waals surface area (Å²) in [6.07, 6.45) is 3.06. The summed E-state index contributed by atoms with van der Waals surface area (Å²) in [6, 6.07) is 8.63. The van der Waals surface area contributed by atoms with Gasteiger partial charge in [-0.2, -0.15) is 10.6 Å². The summed E-state index contributed by atoms with van der Waals surface area (Å²) in [5, 5.41) is 17.6. The average Bonchev–Trinajstić information content (AvgIpc) is 2.93. The molecule has 13 heteroatoms. The maximum absolute atomic E-state index is 14.9. The van der Waals surface area contributed by atoms with E-state index in [1.807, 2.05) is 6.07 Å². The van der Waals surface area contributed by atoms with Crippen LogP contribution in [0.15, 0.2) is 41.4 Å². The van der Waals surface area contributed by atoms with Crippen LogP contribution in [0.1, 0.15) is 36.8 Å². The molecule has 10 nitrogen and oxygen atoms in total. The lowest BCUT2D eigenvalue weighted by Gasteiger charge is -2.55. The number of fused-ring (bicyclic) bond motifs is 5. The van der Waals surface area contributed by atoms with Crippen LogP contribution in [0, 0.1) is 5.82 Å². The highest BCUT2D eigenvalue weighted by Gasteiger charge is 2.53. The Morgan fingerprint density at radius 3 is 2.70 bits per heavy atom. The van der Waals surface area contributed by atoms with E-state index in [9.17, 15) is 23.4 Å². The van der Waals surface area contributed by atoms with Gasteiger partial charge in [-0.3, -0.25) is 18.9 Å². The minimum Gasteiger partial charge on any atom is -0.481 e. The van der Waals surface area contributed by atoms with Gasteiger partial charge in [-0.15, -0.1) is 12.4 Å². The first-order chi connectivity index (χ1) is 18.6. The maximum atomic E-state index is 14.9. The summed E-state index contributed by atoms with van der Waals surface area (Å²) in [7, 11) is -1.63. The zero-order chi connectivity index (χ0) is 27.4. The monoisotopic (exact) mass is 594 g/mol. The lowest BCUT2D eigenvalue weighted by Crippen LogP contribution is -2.65. The third-order valence-corrected chi connectivity index (χ3v) is 10.0. The first-order valence-corrected chi connectivity index (χ1v) is 14.6. The molecular weight excluding hydrogens is 563 g/mol. The minimum absolute atomic E-state index is 0. The Labute approximate surface area is 238 Å². The van der Waals surface area contributed by atoms with Crippen molar-refractivity contribution in [2.75, 3.05) is 24.8 Å². The number of nitrogens with one attached hydrogen (secondary N) is 2. The molecule has 40 heavy (non-hydrogen) atoms. The molecule has 7 rings (SSSR count). The highest BCUT2D eigenvalue weighted by atomic mass is 35.5. The van der Waals surface area contributed by atoms with Gasteiger partial charge in [0.15, 0.2) is 0 Å². The van der Waals surface area contributed by atoms with Gasteiger partial charge in [0.2, 0.25) is 11.8 Å². The summed E-state index contributed by atoms with van der Waals surface area (Å²) in [4.78, 5) is 20.7. The Morgan fingerprint density at radius 1 is 1.23 bits per heavy atom. The van der Waals surface area contributed by atoms with Crippen molar-refractivity contribution >= 4 is 45.6 Å². The number of carbonyl (C=O) groups is 1. The van der Waals surface area contributed by atoms with E-state index in [0.29, 0.717) is 59.1 Å². The number of aliphatic hydroxyl groups excluding tert-OH is 1. The summed E-state index contributed by atoms with van der Waals surface area (Å²) < 4.78 is 46.9. The number of benzene rings is 1. The predicted molar refractivity (Wildman–Crippen MR) is 151 cm³/mol. The van der Waals surface area contributed by atoms with Crippen molar-refractivity contribution in [3.8, 4) is 5.88 Å². The van der Waals surface area contributed by atoms with Gasteiger partial charge in [0.1, 0.15) is 11.6 Å². The SMILES string of the molecule is COc1ccc2ncc(F)c(CC(O)C34CCC(NCc5ccc6c(c5)NC(=O)CS6(O)O)(CC3)CO4)c2n1.Cl. The number of ether oxygens (including phenoxy) is 2. The predicted octanol–water partition coefficient (Wildman–Crippen LogP) is 4.04. The van der Waals surface area contributed by atoms with E-state index in [-0.39, 0.29) is 30.1 Å². The number of carbonyl (C=O) groups excluding carboxylic acids is 1. The highest BCUT2D eigenvalue weighted by Crippen LogP contribution is 2.54. The highest BCUT2D eigenvalue weighted by molar-refractivity contribution is 8.25. The Balaban J connectivity index is 0.00000323. The molecule has 2 bridgehead atoms. The third kappa shape index (κ3) is 5.13. The van der Waals surface area contributed by atoms with Crippen molar-refractivity contribution in [1.82, 2.24) is 15.3 Å². The number of rotatable bonds is 7. The molecule has 0 radical (unpaired) electrons. The normalized spacial score (nSPS) is 26.4. The van der Waals surface area contributed by atoms with Crippen molar-refractivity contribution in [3.05, 3.63) is 53.5 Å². The summed E-state index contributed by atoms with van der Waals surface area (Å²) in [5.41, 5.74) is 1.47. The number of hydrogen-bond acceptors (Lipinski definition) is 9. The van der Waals surface area contributed by atoms with Gasteiger partial charge < -0.3 is 25.2 Å². The molecular formula is C27H32ClFN4O6S. The fraction of sp³-hybridized carbons (Fsp3) is 0.444. The standard InChI is InChI=1S/C27H31FN4O6S.ClH/c1-37-24-5-3-19-25(32-24)17(18(28)13-29-19)11-22(33)27-8-6-26(7-9-27,15-38-27)30-12-16-2-4-21-20(10-16)31-23(34)14-39(21,35)36;/h2-5,10,13,22,30,33,35-36H,6-9,11-12,14-15H2,1H3,(H,31,34);1H. The first kappa shape index (κ1) is 28.9. The number of methoxy groups -OCH3 is 1. The molecule has 1 unspecified atom stereocenters. The molecule has 5 N–H and O–H groups in total. The average molecular weight is 595 g/mol. The van der Waals surface area contributed by atoms with Gasteiger partial charge >= 0.3 is 0 Å². The molecule has 1 aromatic carbocycles. The second-order valence-electron chi connectivity index (χ2n) is 10.7. The van der Waals surface area contributed by atoms with Crippen LogP contribution in [0.25, 0.3) is 11.0 Å². The van der Waals surface area contributed by atoms with E-state index in [4.69, 9.17) is 9.47 Å². The number of amides is 1. The van der Waals surface area contributed by atoms with E-state index in [1.54, 1.807) is 24.3 Å². The summed E-state index contributed by atoms with van der Waals surface area (Å²) >= 11 is 0. The molecule has 0 spiro atoms. The van der Waals surface area contributed by atoms with Gasteiger partial charge in [-0.25, -0.2) is 9.37 Å². The number of aromatic nitrogens is 2. The van der Waals surface area contributed by atoms with Crippen LogP contribution in [-0.2, 0) is 22.5 Å². The van der Waals surface area contributed by atoms with Gasteiger partial charge in [0.25, 0.3) is 0 Å². The van der Waals surface area contributed by atoms with E-state index < -0.39 is 34.0 Å². The Hall–Kier alpha value is -2.58. The van der Waals surface area contributed by atoms with Crippen molar-refractivity contribution in [3.63, 3.8) is 0 Å². The summed E-state index contributed by atoms with van der Waals surface area (Å²) in [6.45, 7) is 0.904. The quantitative estimate of drug-likeness (QED) is 0.273. The van der Waals surface area contributed by atoms with Crippen LogP contribution in [0.5, 0.6) is 5.88 Å². The van der Waals surface area contributed by atoms with Gasteiger partial charge in [0, 0.05) is 30.1 Å². The Bertz CT molecular complexity index is 1440. The molecule has 1 amide bonds. The molecule has 4 aliphatic rings. The molecule has 3 fully saturated rings. The molecule has 1 saturated carbocycles. The number of aliphatic hydroxyl groups is 1. The lowest BCUT2D eigenvalue weighted by atomic mass is 9.68. The Kier molecular flexibility index (Phi) is 7.72. The van der Waals surface area contributed by atoms with Gasteiger partial charge in [-0.05, 0) is 49.4 Å². The first-order valence-electron chi connectivity index (χ1n) is 12.9. The number of hydrogen-bond donors (Lipinski definition) is 5. The molecule has 216 valence electrons. The zero-order valence-electron chi connectivity index (χ0n) is 21.9. The molecule has 2 saturated heterocycles. The van der Waals surface area contributed by atoms with E-state index in [2.05, 4.69) is 20.6 Å². The fourth-order valence-corrected chi connectivity index (χ4v) is 7.29. The van der Waals surface area contributed by atoms with Crippen LogP contribution in [0.4, 0.5) is 10.1 Å². The smallest absolute Gasteiger partial charge is 0.244 e. The topological polar surface area (TPSA) is 146 Å². The Morgan fingerprint density at radius 2 is 2.00 bits per heavy atom. The molecule has 2 aromatic heterocycles. The van der Waals surface area contributed by atoms with Crippen LogP contribution < -0.4 is 15.4 Å². The number of halogens is 2. The largest absolute Gasteiger partial charge is 0.481 e. The van der Waals surface area contributed by atoms with Crippen LogP contribution in [-0.4, -0.2) is 66.8 Å². The van der Waals surface area contributed by atoms with E-state index >= 15 is 0 Å². The summed E-state index contributed by atoms with van der Waals surface area (Å²) in [5.74, 6) is -0.909. The zero-order valence-corrected chi connectivity index (χ0v) is 23.5. The third-order valence-electron chi connectivity index (χ3n) is 8.31. The number of anilines is 1.